The number of rotatable bonds is 5. The normalized spacial score (nSPS) is 10.0. The number of nitrogens with zero attached hydrogens (tertiary/aromatic N) is 3. The Morgan fingerprint density at radius 2 is 2.24 bits per heavy atom. The van der Waals surface area contributed by atoms with Gasteiger partial charge in [0.1, 0.15) is 11.9 Å². The molecule has 1 heterocycles. The van der Waals surface area contributed by atoms with Crippen molar-refractivity contribution in [2.75, 3.05) is 17.9 Å². The number of hydrazine groups is 1. The molecule has 1 aromatic carbocycles. The number of halogens is 1. The Morgan fingerprint density at radius 1 is 1.48 bits per heavy atom. The van der Waals surface area contributed by atoms with Crippen LogP contribution < -0.4 is 21.3 Å². The summed E-state index contributed by atoms with van der Waals surface area (Å²) in [4.78, 5) is 18.0. The van der Waals surface area contributed by atoms with Gasteiger partial charge in [-0.2, -0.15) is 4.98 Å². The number of ether oxygens (including phenoxy) is 1. The second-order valence-corrected chi connectivity index (χ2v) is 4.23. The SMILES string of the molecule is COc1ccc(Cl)cc1Nc1nc(NN)ncc1[N+](=O)[O-]. The summed E-state index contributed by atoms with van der Waals surface area (Å²) >= 11 is 5.91. The van der Waals surface area contributed by atoms with Crippen LogP contribution in [0.25, 0.3) is 0 Å². The molecule has 9 nitrogen and oxygen atoms in total. The van der Waals surface area contributed by atoms with Gasteiger partial charge in [-0.05, 0) is 18.2 Å². The number of benzene rings is 1. The molecule has 0 saturated carbocycles. The van der Waals surface area contributed by atoms with Gasteiger partial charge in [0.25, 0.3) is 0 Å². The van der Waals surface area contributed by atoms with Crippen LogP contribution in [-0.2, 0) is 0 Å². The summed E-state index contributed by atoms with van der Waals surface area (Å²) in [7, 11) is 1.47. The van der Waals surface area contributed by atoms with Gasteiger partial charge in [-0.3, -0.25) is 15.5 Å². The lowest BCUT2D eigenvalue weighted by atomic mass is 10.3. The Hall–Kier alpha value is -2.65. The van der Waals surface area contributed by atoms with Crippen LogP contribution in [-0.4, -0.2) is 22.0 Å². The summed E-state index contributed by atoms with van der Waals surface area (Å²) in [6.45, 7) is 0. The second kappa shape index (κ2) is 6.20. The van der Waals surface area contributed by atoms with Crippen LogP contribution in [0.3, 0.4) is 0 Å². The Bertz CT molecular complexity index is 681. The van der Waals surface area contributed by atoms with Crippen molar-refractivity contribution in [2.24, 2.45) is 5.84 Å². The Labute approximate surface area is 124 Å². The summed E-state index contributed by atoms with van der Waals surface area (Å²) in [5.41, 5.74) is 2.33. The van der Waals surface area contributed by atoms with Gasteiger partial charge in [-0.1, -0.05) is 11.6 Å². The first kappa shape index (κ1) is 14.8. The van der Waals surface area contributed by atoms with Gasteiger partial charge in [0.05, 0.1) is 17.7 Å². The molecular formula is C11H11ClN6O3. The number of aromatic nitrogens is 2. The maximum absolute atomic E-state index is 11.0. The van der Waals surface area contributed by atoms with E-state index < -0.39 is 4.92 Å². The predicted molar refractivity (Wildman–Crippen MR) is 77.8 cm³/mol. The van der Waals surface area contributed by atoms with Crippen LogP contribution in [0.1, 0.15) is 0 Å². The van der Waals surface area contributed by atoms with E-state index >= 15 is 0 Å². The largest absolute Gasteiger partial charge is 0.495 e. The molecule has 110 valence electrons. The quantitative estimate of drug-likeness (QED) is 0.435. The zero-order valence-corrected chi connectivity index (χ0v) is 11.6. The first-order valence-electron chi connectivity index (χ1n) is 5.63. The summed E-state index contributed by atoms with van der Waals surface area (Å²) < 4.78 is 5.15. The molecule has 2 aromatic rings. The highest BCUT2D eigenvalue weighted by molar-refractivity contribution is 6.31. The average Bonchev–Trinajstić information content (AvgIpc) is 2.47. The molecule has 1 aromatic heterocycles. The number of nitrogens with two attached hydrogens (primary N) is 1. The van der Waals surface area contributed by atoms with E-state index in [2.05, 4.69) is 20.7 Å². The third-order valence-corrected chi connectivity index (χ3v) is 2.74. The minimum absolute atomic E-state index is 0.0316. The minimum atomic E-state index is -0.611. The smallest absolute Gasteiger partial charge is 0.329 e. The van der Waals surface area contributed by atoms with Crippen LogP contribution in [0.5, 0.6) is 5.75 Å². The fourth-order valence-corrected chi connectivity index (χ4v) is 1.75. The maximum Gasteiger partial charge on any atom is 0.329 e. The van der Waals surface area contributed by atoms with E-state index in [1.807, 2.05) is 0 Å². The van der Waals surface area contributed by atoms with Crippen molar-refractivity contribution in [3.63, 3.8) is 0 Å². The lowest BCUT2D eigenvalue weighted by molar-refractivity contribution is -0.384. The standard InChI is InChI=1S/C11H11ClN6O3/c1-21-9-3-2-6(12)4-7(9)15-10-8(18(19)20)5-14-11(16-10)17-13/h2-5H,13H2,1H3,(H2,14,15,16,17). The lowest BCUT2D eigenvalue weighted by Gasteiger charge is -2.11. The first-order chi connectivity index (χ1) is 10.0. The van der Waals surface area contributed by atoms with Gasteiger partial charge in [-0.15, -0.1) is 0 Å². The zero-order valence-electron chi connectivity index (χ0n) is 10.8. The Morgan fingerprint density at radius 3 is 2.86 bits per heavy atom. The molecule has 0 aliphatic carbocycles. The minimum Gasteiger partial charge on any atom is -0.495 e. The number of nitrogen functional groups attached to an aromatic ring is 1. The predicted octanol–water partition coefficient (Wildman–Crippen LogP) is 2.08. The van der Waals surface area contributed by atoms with E-state index in [0.717, 1.165) is 6.20 Å². The summed E-state index contributed by atoms with van der Waals surface area (Å²) in [6.07, 6.45) is 1.04. The van der Waals surface area contributed by atoms with E-state index in [-0.39, 0.29) is 17.5 Å². The van der Waals surface area contributed by atoms with Crippen LogP contribution in [0, 0.1) is 10.1 Å². The molecule has 0 aliphatic heterocycles. The maximum atomic E-state index is 11.0. The van der Waals surface area contributed by atoms with E-state index in [0.29, 0.717) is 16.5 Å². The molecule has 0 fully saturated rings. The summed E-state index contributed by atoms with van der Waals surface area (Å²) in [5, 5.41) is 14.2. The van der Waals surface area contributed by atoms with Crippen molar-refractivity contribution in [3.8, 4) is 5.75 Å². The number of methoxy groups -OCH3 is 1. The molecule has 10 heteroatoms. The molecule has 0 spiro atoms. The third kappa shape index (κ3) is 3.27. The summed E-state index contributed by atoms with van der Waals surface area (Å²) in [5.74, 6) is 5.65. The topological polar surface area (TPSA) is 128 Å². The summed E-state index contributed by atoms with van der Waals surface area (Å²) in [6, 6.07) is 4.81. The van der Waals surface area contributed by atoms with Crippen molar-refractivity contribution in [1.82, 2.24) is 9.97 Å². The molecular weight excluding hydrogens is 300 g/mol. The zero-order chi connectivity index (χ0) is 15.4. The number of hydrogen-bond donors (Lipinski definition) is 3. The Kier molecular flexibility index (Phi) is 4.36. The molecule has 0 atom stereocenters. The van der Waals surface area contributed by atoms with Crippen molar-refractivity contribution >= 4 is 34.7 Å². The number of anilines is 3. The molecule has 21 heavy (non-hydrogen) atoms. The number of nitro groups is 1. The number of hydrogen-bond acceptors (Lipinski definition) is 8. The molecule has 0 aliphatic rings. The van der Waals surface area contributed by atoms with Crippen molar-refractivity contribution in [1.29, 1.82) is 0 Å². The van der Waals surface area contributed by atoms with Gasteiger partial charge >= 0.3 is 5.69 Å². The van der Waals surface area contributed by atoms with Gasteiger partial charge in [0, 0.05) is 5.02 Å². The molecule has 4 N–H and O–H groups in total. The van der Waals surface area contributed by atoms with Gasteiger partial charge < -0.3 is 10.1 Å². The van der Waals surface area contributed by atoms with Crippen LogP contribution >= 0.6 is 11.6 Å². The fourth-order valence-electron chi connectivity index (χ4n) is 1.58. The highest BCUT2D eigenvalue weighted by atomic mass is 35.5. The molecule has 0 bridgehead atoms. The van der Waals surface area contributed by atoms with E-state index in [1.165, 1.54) is 7.11 Å². The lowest BCUT2D eigenvalue weighted by Crippen LogP contribution is -2.12. The van der Waals surface area contributed by atoms with E-state index in [1.54, 1.807) is 18.2 Å². The highest BCUT2D eigenvalue weighted by Gasteiger charge is 2.18. The fraction of sp³-hybridized carbons (Fsp3) is 0.0909. The van der Waals surface area contributed by atoms with Crippen LogP contribution in [0.2, 0.25) is 5.02 Å². The molecule has 0 saturated heterocycles. The van der Waals surface area contributed by atoms with Gasteiger partial charge in [0.2, 0.25) is 11.8 Å². The Balaban J connectivity index is 2.47. The van der Waals surface area contributed by atoms with Crippen LogP contribution in [0.15, 0.2) is 24.4 Å². The van der Waals surface area contributed by atoms with Gasteiger partial charge in [0.15, 0.2) is 0 Å². The van der Waals surface area contributed by atoms with Crippen molar-refractivity contribution in [2.45, 2.75) is 0 Å². The van der Waals surface area contributed by atoms with Crippen molar-refractivity contribution < 1.29 is 9.66 Å². The third-order valence-electron chi connectivity index (χ3n) is 2.51. The van der Waals surface area contributed by atoms with Gasteiger partial charge in [-0.25, -0.2) is 10.8 Å². The first-order valence-corrected chi connectivity index (χ1v) is 6.01. The van der Waals surface area contributed by atoms with Crippen molar-refractivity contribution in [3.05, 3.63) is 39.5 Å². The number of nitrogens with one attached hydrogen (secondary N) is 2. The van der Waals surface area contributed by atoms with E-state index in [9.17, 15) is 10.1 Å². The monoisotopic (exact) mass is 310 g/mol. The average molecular weight is 311 g/mol. The molecule has 0 amide bonds. The van der Waals surface area contributed by atoms with Crippen LogP contribution in [0.4, 0.5) is 23.1 Å². The second-order valence-electron chi connectivity index (χ2n) is 3.80. The highest BCUT2D eigenvalue weighted by Crippen LogP contribution is 2.33. The molecule has 0 unspecified atom stereocenters. The molecule has 0 radical (unpaired) electrons. The van der Waals surface area contributed by atoms with E-state index in [4.69, 9.17) is 22.2 Å². The molecule has 2 rings (SSSR count).